The van der Waals surface area contributed by atoms with E-state index >= 15 is 0 Å². The van der Waals surface area contributed by atoms with Gasteiger partial charge in [-0.2, -0.15) is 0 Å². The van der Waals surface area contributed by atoms with Crippen molar-refractivity contribution in [2.24, 2.45) is 0 Å². The summed E-state index contributed by atoms with van der Waals surface area (Å²) in [5, 5.41) is 16.9. The first-order chi connectivity index (χ1) is 8.04. The van der Waals surface area contributed by atoms with Crippen molar-refractivity contribution >= 4 is 17.6 Å². The second-order valence-electron chi connectivity index (χ2n) is 4.67. The normalized spacial score (nSPS) is 24.0. The highest BCUT2D eigenvalue weighted by atomic mass is 35.5. The summed E-state index contributed by atoms with van der Waals surface area (Å²) < 4.78 is 11.1. The third-order valence-corrected chi connectivity index (χ3v) is 2.75. The molecule has 0 saturated carbocycles. The van der Waals surface area contributed by atoms with Crippen molar-refractivity contribution in [3.05, 3.63) is 5.89 Å². The van der Waals surface area contributed by atoms with Crippen LogP contribution in [0, 0.1) is 0 Å². The molecule has 1 N–H and O–H groups in total. The lowest BCUT2D eigenvalue weighted by Gasteiger charge is -2.41. The monoisotopic (exact) mass is 261 g/mol. The summed E-state index contributed by atoms with van der Waals surface area (Å²) in [6.45, 7) is 5.05. The average molecular weight is 262 g/mol. The topological polar surface area (TPSA) is 71.6 Å². The standard InChI is InChI=1S/C10H16ClN3O3/c1-10(2)6-14(4-7(5-15)17-10)9-13-12-8(3-11)16-9/h7,15H,3-6H2,1-2H3. The van der Waals surface area contributed by atoms with Gasteiger partial charge in [-0.25, -0.2) is 0 Å². The molecule has 1 fully saturated rings. The Morgan fingerprint density at radius 3 is 2.88 bits per heavy atom. The lowest BCUT2D eigenvalue weighted by atomic mass is 10.1. The summed E-state index contributed by atoms with van der Waals surface area (Å²) in [6.07, 6.45) is -0.245. The summed E-state index contributed by atoms with van der Waals surface area (Å²) in [7, 11) is 0. The molecule has 1 aromatic rings. The third-order valence-electron chi connectivity index (χ3n) is 2.53. The summed E-state index contributed by atoms with van der Waals surface area (Å²) in [4.78, 5) is 1.91. The van der Waals surface area contributed by atoms with Crippen molar-refractivity contribution in [3.8, 4) is 0 Å². The first-order valence-corrected chi connectivity index (χ1v) is 5.99. The quantitative estimate of drug-likeness (QED) is 0.811. The number of aliphatic hydroxyl groups is 1. The molecule has 1 aromatic heterocycles. The number of morpholine rings is 1. The zero-order chi connectivity index (χ0) is 12.5. The van der Waals surface area contributed by atoms with Crippen LogP contribution in [0.1, 0.15) is 19.7 Å². The minimum absolute atomic E-state index is 0.0313. The number of rotatable bonds is 3. The molecule has 0 radical (unpaired) electrons. The molecule has 1 aliphatic heterocycles. The van der Waals surface area contributed by atoms with E-state index in [1.807, 2.05) is 18.7 Å². The maximum Gasteiger partial charge on any atom is 0.318 e. The van der Waals surface area contributed by atoms with Crippen LogP contribution in [0.4, 0.5) is 6.01 Å². The Morgan fingerprint density at radius 1 is 1.53 bits per heavy atom. The van der Waals surface area contributed by atoms with Crippen molar-refractivity contribution in [3.63, 3.8) is 0 Å². The zero-order valence-corrected chi connectivity index (χ0v) is 10.6. The number of alkyl halides is 1. The molecule has 2 heterocycles. The lowest BCUT2D eigenvalue weighted by molar-refractivity contribution is -0.102. The molecule has 7 heteroatoms. The van der Waals surface area contributed by atoms with Gasteiger partial charge in [0, 0.05) is 0 Å². The van der Waals surface area contributed by atoms with Crippen LogP contribution in [0.2, 0.25) is 0 Å². The maximum atomic E-state index is 9.20. The fourth-order valence-electron chi connectivity index (χ4n) is 1.96. The fraction of sp³-hybridized carbons (Fsp3) is 0.800. The van der Waals surface area contributed by atoms with Crippen LogP contribution in [0.25, 0.3) is 0 Å². The van der Waals surface area contributed by atoms with E-state index in [9.17, 15) is 5.11 Å². The van der Waals surface area contributed by atoms with Crippen LogP contribution in [0.5, 0.6) is 0 Å². The largest absolute Gasteiger partial charge is 0.407 e. The predicted molar refractivity (Wildman–Crippen MR) is 62.1 cm³/mol. The van der Waals surface area contributed by atoms with Gasteiger partial charge in [0.25, 0.3) is 0 Å². The van der Waals surface area contributed by atoms with E-state index in [1.165, 1.54) is 0 Å². The summed E-state index contributed by atoms with van der Waals surface area (Å²) in [5.74, 6) is 0.593. The number of ether oxygens (including phenoxy) is 1. The number of hydrogen-bond donors (Lipinski definition) is 1. The minimum Gasteiger partial charge on any atom is -0.407 e. The van der Waals surface area contributed by atoms with Gasteiger partial charge in [0.05, 0.1) is 31.4 Å². The molecule has 0 aliphatic carbocycles. The number of aliphatic hydroxyl groups excluding tert-OH is 1. The molecule has 0 spiro atoms. The molecular weight excluding hydrogens is 246 g/mol. The Labute approximate surface area is 105 Å². The highest BCUT2D eigenvalue weighted by molar-refractivity contribution is 6.16. The molecule has 1 saturated heterocycles. The molecule has 17 heavy (non-hydrogen) atoms. The van der Waals surface area contributed by atoms with E-state index in [-0.39, 0.29) is 24.2 Å². The first kappa shape index (κ1) is 12.6. The van der Waals surface area contributed by atoms with E-state index in [1.54, 1.807) is 0 Å². The van der Waals surface area contributed by atoms with Crippen LogP contribution >= 0.6 is 11.6 Å². The van der Waals surface area contributed by atoms with E-state index in [0.717, 1.165) is 0 Å². The molecule has 1 atom stereocenters. The number of anilines is 1. The molecule has 6 nitrogen and oxygen atoms in total. The molecule has 1 aliphatic rings. The van der Waals surface area contributed by atoms with Crippen molar-refractivity contribution in [1.29, 1.82) is 0 Å². The Kier molecular flexibility index (Phi) is 3.56. The SMILES string of the molecule is CC1(C)CN(c2nnc(CCl)o2)CC(CO)O1. The van der Waals surface area contributed by atoms with Gasteiger partial charge in [-0.05, 0) is 13.8 Å². The third kappa shape index (κ3) is 2.88. The number of aromatic nitrogens is 2. The van der Waals surface area contributed by atoms with Crippen molar-refractivity contribution < 1.29 is 14.3 Å². The maximum absolute atomic E-state index is 9.20. The first-order valence-electron chi connectivity index (χ1n) is 5.46. The van der Waals surface area contributed by atoms with Crippen LogP contribution < -0.4 is 4.90 Å². The van der Waals surface area contributed by atoms with Gasteiger partial charge in [0.15, 0.2) is 0 Å². The smallest absolute Gasteiger partial charge is 0.318 e. The molecule has 0 bridgehead atoms. The molecule has 0 amide bonds. The zero-order valence-electron chi connectivity index (χ0n) is 9.89. The van der Waals surface area contributed by atoms with Gasteiger partial charge in [-0.15, -0.1) is 16.7 Å². The van der Waals surface area contributed by atoms with Crippen LogP contribution in [-0.4, -0.2) is 46.7 Å². The Morgan fingerprint density at radius 2 is 2.29 bits per heavy atom. The van der Waals surface area contributed by atoms with Gasteiger partial charge in [-0.3, -0.25) is 0 Å². The minimum atomic E-state index is -0.360. The van der Waals surface area contributed by atoms with E-state index in [2.05, 4.69) is 10.2 Å². The van der Waals surface area contributed by atoms with Crippen molar-refractivity contribution in [2.75, 3.05) is 24.6 Å². The van der Waals surface area contributed by atoms with E-state index in [0.29, 0.717) is 25.0 Å². The van der Waals surface area contributed by atoms with Crippen LogP contribution in [0.15, 0.2) is 4.42 Å². The molecule has 96 valence electrons. The van der Waals surface area contributed by atoms with E-state index in [4.69, 9.17) is 20.8 Å². The number of halogens is 1. The Bertz CT molecular complexity index is 383. The number of nitrogens with zero attached hydrogens (tertiary/aromatic N) is 3. The van der Waals surface area contributed by atoms with Crippen molar-refractivity contribution in [1.82, 2.24) is 10.2 Å². The van der Waals surface area contributed by atoms with Crippen molar-refractivity contribution in [2.45, 2.75) is 31.4 Å². The van der Waals surface area contributed by atoms with Crippen LogP contribution in [0.3, 0.4) is 0 Å². The molecule has 2 rings (SSSR count). The van der Waals surface area contributed by atoms with Gasteiger partial charge >= 0.3 is 6.01 Å². The summed E-state index contributed by atoms with van der Waals surface area (Å²) >= 11 is 5.61. The average Bonchev–Trinajstić information content (AvgIpc) is 2.75. The second-order valence-corrected chi connectivity index (χ2v) is 4.94. The fourth-order valence-corrected chi connectivity index (χ4v) is 2.07. The van der Waals surface area contributed by atoms with Crippen LogP contribution in [-0.2, 0) is 10.6 Å². The second kappa shape index (κ2) is 4.80. The van der Waals surface area contributed by atoms with Gasteiger partial charge in [0.1, 0.15) is 5.88 Å². The highest BCUT2D eigenvalue weighted by Gasteiger charge is 2.35. The number of hydrogen-bond acceptors (Lipinski definition) is 6. The predicted octanol–water partition coefficient (Wildman–Crippen LogP) is 0.784. The molecular formula is C10H16ClN3O3. The highest BCUT2D eigenvalue weighted by Crippen LogP contribution is 2.25. The Balaban J connectivity index is 2.14. The van der Waals surface area contributed by atoms with Gasteiger partial charge < -0.3 is 19.2 Å². The molecule has 0 aromatic carbocycles. The Hall–Kier alpha value is -0.850. The van der Waals surface area contributed by atoms with E-state index < -0.39 is 0 Å². The van der Waals surface area contributed by atoms with Gasteiger partial charge in [0.2, 0.25) is 5.89 Å². The summed E-state index contributed by atoms with van der Waals surface area (Å²) in [6, 6.07) is 0.426. The summed E-state index contributed by atoms with van der Waals surface area (Å²) in [5.41, 5.74) is -0.360. The van der Waals surface area contributed by atoms with Gasteiger partial charge in [-0.1, -0.05) is 5.10 Å². The lowest BCUT2D eigenvalue weighted by Crippen LogP contribution is -2.54. The molecule has 1 unspecified atom stereocenters.